The number of aromatic nitrogens is 2. The first-order chi connectivity index (χ1) is 10.5. The standard InChI is InChI=1S/C14H16N2O4S2/c1-5-19-13(17)9-7(3)15-11(21-9)12-16-8(4)10(22-12)14(18)20-6-2/h5-6H2,1-4H3. The van der Waals surface area contributed by atoms with Crippen LogP contribution in [0.4, 0.5) is 0 Å². The van der Waals surface area contributed by atoms with Crippen LogP contribution in [0.2, 0.25) is 0 Å². The van der Waals surface area contributed by atoms with Crippen molar-refractivity contribution in [3.8, 4) is 10.0 Å². The highest BCUT2D eigenvalue weighted by atomic mass is 32.1. The van der Waals surface area contributed by atoms with Gasteiger partial charge in [0.05, 0.1) is 24.6 Å². The molecular formula is C14H16N2O4S2. The van der Waals surface area contributed by atoms with E-state index in [0.29, 0.717) is 44.4 Å². The predicted molar refractivity (Wildman–Crippen MR) is 84.6 cm³/mol. The molecule has 0 bridgehead atoms. The Kier molecular flexibility index (Phi) is 5.25. The summed E-state index contributed by atoms with van der Waals surface area (Å²) in [4.78, 5) is 33.3. The van der Waals surface area contributed by atoms with E-state index in [1.54, 1.807) is 27.7 Å². The topological polar surface area (TPSA) is 78.4 Å². The molecule has 0 unspecified atom stereocenters. The number of esters is 2. The number of aryl methyl sites for hydroxylation is 2. The fourth-order valence-corrected chi connectivity index (χ4v) is 3.69. The summed E-state index contributed by atoms with van der Waals surface area (Å²) in [6.45, 7) is 7.64. The molecule has 0 aliphatic rings. The average molecular weight is 340 g/mol. The highest BCUT2D eigenvalue weighted by Crippen LogP contribution is 2.33. The van der Waals surface area contributed by atoms with Gasteiger partial charge < -0.3 is 9.47 Å². The zero-order valence-electron chi connectivity index (χ0n) is 12.8. The number of carbonyl (C=O) groups is 2. The van der Waals surface area contributed by atoms with Gasteiger partial charge in [-0.1, -0.05) is 0 Å². The van der Waals surface area contributed by atoms with Gasteiger partial charge in [-0.3, -0.25) is 0 Å². The van der Waals surface area contributed by atoms with Gasteiger partial charge in [0.25, 0.3) is 0 Å². The lowest BCUT2D eigenvalue weighted by Gasteiger charge is -1.97. The number of rotatable bonds is 5. The van der Waals surface area contributed by atoms with Gasteiger partial charge in [-0.15, -0.1) is 22.7 Å². The number of carbonyl (C=O) groups excluding carboxylic acids is 2. The molecule has 0 fully saturated rings. The van der Waals surface area contributed by atoms with E-state index in [9.17, 15) is 9.59 Å². The molecule has 0 N–H and O–H groups in total. The highest BCUT2D eigenvalue weighted by Gasteiger charge is 2.22. The number of hydrogen-bond acceptors (Lipinski definition) is 8. The van der Waals surface area contributed by atoms with E-state index < -0.39 is 0 Å². The first kappa shape index (κ1) is 16.6. The smallest absolute Gasteiger partial charge is 0.350 e. The third-order valence-corrected chi connectivity index (χ3v) is 5.12. The first-order valence-electron chi connectivity index (χ1n) is 6.77. The lowest BCUT2D eigenvalue weighted by atomic mass is 10.4. The van der Waals surface area contributed by atoms with Gasteiger partial charge in [0.1, 0.15) is 9.75 Å². The van der Waals surface area contributed by atoms with Gasteiger partial charge in [-0.2, -0.15) is 0 Å². The van der Waals surface area contributed by atoms with E-state index in [2.05, 4.69) is 9.97 Å². The van der Waals surface area contributed by atoms with Crippen molar-refractivity contribution in [3.63, 3.8) is 0 Å². The van der Waals surface area contributed by atoms with E-state index in [1.807, 2.05) is 0 Å². The largest absolute Gasteiger partial charge is 0.462 e. The van der Waals surface area contributed by atoms with Crippen molar-refractivity contribution in [2.24, 2.45) is 0 Å². The Bertz CT molecular complexity index is 646. The van der Waals surface area contributed by atoms with Gasteiger partial charge in [0, 0.05) is 0 Å². The van der Waals surface area contributed by atoms with E-state index in [4.69, 9.17) is 9.47 Å². The summed E-state index contributed by atoms with van der Waals surface area (Å²) in [5.74, 6) is -0.773. The van der Waals surface area contributed by atoms with Crippen LogP contribution in [-0.2, 0) is 9.47 Å². The molecule has 118 valence electrons. The van der Waals surface area contributed by atoms with Crippen molar-refractivity contribution in [3.05, 3.63) is 21.1 Å². The summed E-state index contributed by atoms with van der Waals surface area (Å²) in [6.07, 6.45) is 0. The monoisotopic (exact) mass is 340 g/mol. The summed E-state index contributed by atoms with van der Waals surface area (Å²) in [7, 11) is 0. The van der Waals surface area contributed by atoms with E-state index in [-0.39, 0.29) is 11.9 Å². The maximum atomic E-state index is 11.8. The minimum absolute atomic E-state index is 0.314. The van der Waals surface area contributed by atoms with Crippen LogP contribution in [0.5, 0.6) is 0 Å². The van der Waals surface area contributed by atoms with Crippen molar-refractivity contribution >= 4 is 34.6 Å². The minimum Gasteiger partial charge on any atom is -0.462 e. The third kappa shape index (κ3) is 3.33. The minimum atomic E-state index is -0.386. The Morgan fingerprint density at radius 2 is 1.23 bits per heavy atom. The number of thiazole rings is 2. The second-order valence-electron chi connectivity index (χ2n) is 4.31. The molecular weight excluding hydrogens is 324 g/mol. The van der Waals surface area contributed by atoms with Gasteiger partial charge in [-0.05, 0) is 27.7 Å². The van der Waals surface area contributed by atoms with Gasteiger partial charge in [-0.25, -0.2) is 19.6 Å². The molecule has 0 saturated carbocycles. The van der Waals surface area contributed by atoms with Gasteiger partial charge >= 0.3 is 11.9 Å². The number of nitrogens with zero attached hydrogens (tertiary/aromatic N) is 2. The Morgan fingerprint density at radius 3 is 1.55 bits per heavy atom. The van der Waals surface area contributed by atoms with Crippen molar-refractivity contribution in [2.75, 3.05) is 13.2 Å². The maximum absolute atomic E-state index is 11.8. The fraction of sp³-hybridized carbons (Fsp3) is 0.429. The Morgan fingerprint density at radius 1 is 0.864 bits per heavy atom. The number of ether oxygens (including phenoxy) is 2. The van der Waals surface area contributed by atoms with Crippen LogP contribution in [-0.4, -0.2) is 35.1 Å². The van der Waals surface area contributed by atoms with Gasteiger partial charge in [0.2, 0.25) is 0 Å². The summed E-state index contributed by atoms with van der Waals surface area (Å²) < 4.78 is 9.99. The van der Waals surface area contributed by atoms with E-state index >= 15 is 0 Å². The molecule has 6 nitrogen and oxygen atoms in total. The molecule has 0 amide bonds. The molecule has 0 aliphatic carbocycles. The van der Waals surface area contributed by atoms with Crippen LogP contribution in [0.25, 0.3) is 10.0 Å². The molecule has 0 spiro atoms. The maximum Gasteiger partial charge on any atom is 0.350 e. The predicted octanol–water partition coefficient (Wildman–Crippen LogP) is 3.24. The average Bonchev–Trinajstić information content (AvgIpc) is 3.02. The highest BCUT2D eigenvalue weighted by molar-refractivity contribution is 7.23. The molecule has 0 aromatic carbocycles. The van der Waals surface area contributed by atoms with Crippen LogP contribution in [0.15, 0.2) is 0 Å². The molecule has 0 atom stereocenters. The van der Waals surface area contributed by atoms with Crippen LogP contribution in [0.3, 0.4) is 0 Å². The quantitative estimate of drug-likeness (QED) is 0.778. The first-order valence-corrected chi connectivity index (χ1v) is 8.40. The second kappa shape index (κ2) is 6.97. The SMILES string of the molecule is CCOC(=O)c1sc(-c2nc(C)c(C(=O)OCC)s2)nc1C. The molecule has 2 aromatic heterocycles. The summed E-state index contributed by atoms with van der Waals surface area (Å²) in [5.41, 5.74) is 1.20. The molecule has 0 aliphatic heterocycles. The number of hydrogen-bond donors (Lipinski definition) is 0. The van der Waals surface area contributed by atoms with Crippen molar-refractivity contribution < 1.29 is 19.1 Å². The molecule has 0 radical (unpaired) electrons. The second-order valence-corrected chi connectivity index (χ2v) is 6.31. The van der Waals surface area contributed by atoms with E-state index in [1.165, 1.54) is 22.7 Å². The third-order valence-electron chi connectivity index (χ3n) is 2.70. The van der Waals surface area contributed by atoms with Crippen LogP contribution >= 0.6 is 22.7 Å². The van der Waals surface area contributed by atoms with Crippen LogP contribution in [0, 0.1) is 13.8 Å². The zero-order chi connectivity index (χ0) is 16.3. The van der Waals surface area contributed by atoms with Crippen molar-refractivity contribution in [2.45, 2.75) is 27.7 Å². The molecule has 0 saturated heterocycles. The zero-order valence-corrected chi connectivity index (χ0v) is 14.4. The lowest BCUT2D eigenvalue weighted by Crippen LogP contribution is -2.03. The fourth-order valence-electron chi connectivity index (χ4n) is 1.75. The lowest BCUT2D eigenvalue weighted by molar-refractivity contribution is 0.0521. The van der Waals surface area contributed by atoms with E-state index in [0.717, 1.165) is 0 Å². The molecule has 2 heterocycles. The Balaban J connectivity index is 2.33. The summed E-state index contributed by atoms with van der Waals surface area (Å²) in [6, 6.07) is 0. The van der Waals surface area contributed by atoms with Crippen molar-refractivity contribution in [1.29, 1.82) is 0 Å². The normalized spacial score (nSPS) is 10.5. The van der Waals surface area contributed by atoms with Crippen LogP contribution < -0.4 is 0 Å². The van der Waals surface area contributed by atoms with Crippen molar-refractivity contribution in [1.82, 2.24) is 9.97 Å². The summed E-state index contributed by atoms with van der Waals surface area (Å²) >= 11 is 2.44. The Hall–Kier alpha value is -1.80. The van der Waals surface area contributed by atoms with Gasteiger partial charge in [0.15, 0.2) is 10.0 Å². The molecule has 8 heteroatoms. The van der Waals surface area contributed by atoms with Crippen LogP contribution in [0.1, 0.15) is 44.6 Å². The molecule has 2 rings (SSSR count). The molecule has 22 heavy (non-hydrogen) atoms. The Labute approximate surface area is 136 Å². The summed E-state index contributed by atoms with van der Waals surface area (Å²) in [5, 5.41) is 1.20. The molecule has 2 aromatic rings.